The summed E-state index contributed by atoms with van der Waals surface area (Å²) in [7, 11) is 0. The lowest BCUT2D eigenvalue weighted by Crippen LogP contribution is -2.20. The molecule has 11 nitrogen and oxygen atoms in total. The Labute approximate surface area is 234 Å². The molecule has 0 aromatic heterocycles. The van der Waals surface area contributed by atoms with Gasteiger partial charge in [0.2, 0.25) is 0 Å². The molecule has 0 aliphatic heterocycles. The van der Waals surface area contributed by atoms with E-state index >= 15 is 0 Å². The minimum atomic E-state index is -0.414. The summed E-state index contributed by atoms with van der Waals surface area (Å²) in [6.07, 6.45) is 3.83. The summed E-state index contributed by atoms with van der Waals surface area (Å²) in [6, 6.07) is 0. The van der Waals surface area contributed by atoms with E-state index in [0.29, 0.717) is 98.1 Å². The predicted octanol–water partition coefficient (Wildman–Crippen LogP) is 2.98. The van der Waals surface area contributed by atoms with Crippen LogP contribution in [0.4, 0.5) is 0 Å². The second-order valence-electron chi connectivity index (χ2n) is 8.62. The summed E-state index contributed by atoms with van der Waals surface area (Å²) in [5.74, 6) is -0.542. The van der Waals surface area contributed by atoms with Crippen molar-refractivity contribution in [2.75, 3.05) is 106 Å². The lowest BCUT2D eigenvalue weighted by atomic mass is 10.00. The number of esters is 2. The van der Waals surface area contributed by atoms with E-state index in [9.17, 15) is 9.59 Å². The van der Waals surface area contributed by atoms with Gasteiger partial charge in [0.25, 0.3) is 0 Å². The van der Waals surface area contributed by atoms with Gasteiger partial charge in [0.1, 0.15) is 13.2 Å². The largest absolute Gasteiger partial charge is 0.463 e. The number of rotatable bonds is 30. The zero-order chi connectivity index (χ0) is 28.8. The molecule has 0 saturated carbocycles. The highest BCUT2D eigenvalue weighted by atomic mass is 16.6. The maximum atomic E-state index is 12.0. The molecular weight excluding hydrogens is 512 g/mol. The molecule has 0 aromatic rings. The fourth-order valence-corrected chi connectivity index (χ4v) is 3.00. The standard InChI is InChI=1S/C28H52O11/c1-5-7-8-26(6-2)28(30)39-24-22-37-20-18-35-16-14-33-12-10-31-9-11-32-13-15-34-17-19-36-21-23-38-27(29)25(3)4/h26H,3,5-24H2,1-2,4H3. The van der Waals surface area contributed by atoms with Crippen LogP contribution < -0.4 is 0 Å². The van der Waals surface area contributed by atoms with Crippen molar-refractivity contribution in [1.82, 2.24) is 0 Å². The average Bonchev–Trinajstić information content (AvgIpc) is 2.93. The molecule has 0 fully saturated rings. The Morgan fingerprint density at radius 2 is 0.897 bits per heavy atom. The van der Waals surface area contributed by atoms with Crippen molar-refractivity contribution in [2.45, 2.75) is 46.5 Å². The van der Waals surface area contributed by atoms with E-state index in [1.54, 1.807) is 6.92 Å². The first-order valence-corrected chi connectivity index (χ1v) is 14.1. The van der Waals surface area contributed by atoms with Gasteiger partial charge in [-0.3, -0.25) is 4.79 Å². The van der Waals surface area contributed by atoms with Gasteiger partial charge in [0.15, 0.2) is 0 Å². The first-order valence-electron chi connectivity index (χ1n) is 14.1. The molecule has 1 unspecified atom stereocenters. The van der Waals surface area contributed by atoms with E-state index < -0.39 is 5.97 Å². The zero-order valence-electron chi connectivity index (χ0n) is 24.4. The van der Waals surface area contributed by atoms with Crippen LogP contribution in [0.15, 0.2) is 12.2 Å². The van der Waals surface area contributed by atoms with Crippen LogP contribution in [0.5, 0.6) is 0 Å². The Balaban J connectivity index is 3.20. The maximum absolute atomic E-state index is 12.0. The second-order valence-corrected chi connectivity index (χ2v) is 8.62. The molecule has 0 heterocycles. The van der Waals surface area contributed by atoms with Crippen LogP contribution in [0, 0.1) is 5.92 Å². The minimum Gasteiger partial charge on any atom is -0.463 e. The molecule has 0 rings (SSSR count). The van der Waals surface area contributed by atoms with Crippen molar-refractivity contribution in [3.8, 4) is 0 Å². The summed E-state index contributed by atoms with van der Waals surface area (Å²) < 4.78 is 48.0. The van der Waals surface area contributed by atoms with Crippen molar-refractivity contribution >= 4 is 11.9 Å². The summed E-state index contributed by atoms with van der Waals surface area (Å²) >= 11 is 0. The second kappa shape index (κ2) is 29.4. The molecule has 0 aliphatic rings. The van der Waals surface area contributed by atoms with Crippen molar-refractivity contribution in [2.24, 2.45) is 5.92 Å². The van der Waals surface area contributed by atoms with Gasteiger partial charge < -0.3 is 42.6 Å². The van der Waals surface area contributed by atoms with Gasteiger partial charge in [-0.15, -0.1) is 0 Å². The summed E-state index contributed by atoms with van der Waals surface area (Å²) in [5.41, 5.74) is 0.369. The van der Waals surface area contributed by atoms with Crippen LogP contribution in [-0.4, -0.2) is 118 Å². The molecule has 0 aliphatic carbocycles. The van der Waals surface area contributed by atoms with Gasteiger partial charge in [-0.1, -0.05) is 33.3 Å². The molecule has 0 aromatic carbocycles. The highest BCUT2D eigenvalue weighted by Crippen LogP contribution is 2.14. The lowest BCUT2D eigenvalue weighted by Gasteiger charge is -2.13. The van der Waals surface area contributed by atoms with E-state index in [4.69, 9.17) is 42.6 Å². The Hall–Kier alpha value is -1.60. The van der Waals surface area contributed by atoms with Crippen molar-refractivity contribution in [3.05, 3.63) is 12.2 Å². The van der Waals surface area contributed by atoms with Gasteiger partial charge >= 0.3 is 11.9 Å². The monoisotopic (exact) mass is 564 g/mol. The van der Waals surface area contributed by atoms with Crippen LogP contribution >= 0.6 is 0 Å². The van der Waals surface area contributed by atoms with E-state index in [0.717, 1.165) is 25.7 Å². The van der Waals surface area contributed by atoms with Gasteiger partial charge in [-0.25, -0.2) is 4.79 Å². The van der Waals surface area contributed by atoms with Gasteiger partial charge in [-0.2, -0.15) is 0 Å². The Morgan fingerprint density at radius 3 is 1.21 bits per heavy atom. The first kappa shape index (κ1) is 37.4. The molecule has 0 amide bonds. The third kappa shape index (κ3) is 26.4. The Morgan fingerprint density at radius 1 is 0.564 bits per heavy atom. The molecule has 0 N–H and O–H groups in total. The molecule has 0 bridgehead atoms. The highest BCUT2D eigenvalue weighted by Gasteiger charge is 2.16. The average molecular weight is 565 g/mol. The number of carbonyl (C=O) groups is 2. The van der Waals surface area contributed by atoms with Gasteiger partial charge in [0.05, 0.1) is 98.4 Å². The molecule has 0 saturated heterocycles. The molecule has 11 heteroatoms. The summed E-state index contributed by atoms with van der Waals surface area (Å²) in [4.78, 5) is 23.1. The molecule has 0 radical (unpaired) electrons. The Bertz CT molecular complexity index is 586. The third-order valence-electron chi connectivity index (χ3n) is 5.25. The predicted molar refractivity (Wildman–Crippen MR) is 146 cm³/mol. The normalized spacial score (nSPS) is 11.9. The fourth-order valence-electron chi connectivity index (χ4n) is 3.00. The molecule has 0 spiro atoms. The fraction of sp³-hybridized carbons (Fsp3) is 0.857. The third-order valence-corrected chi connectivity index (χ3v) is 5.25. The minimum absolute atomic E-state index is 0.00472. The van der Waals surface area contributed by atoms with Crippen molar-refractivity contribution < 1.29 is 52.2 Å². The highest BCUT2D eigenvalue weighted by molar-refractivity contribution is 5.86. The number of hydrogen-bond acceptors (Lipinski definition) is 11. The van der Waals surface area contributed by atoms with Crippen LogP contribution in [0.3, 0.4) is 0 Å². The topological polar surface area (TPSA) is 117 Å². The smallest absolute Gasteiger partial charge is 0.333 e. The van der Waals surface area contributed by atoms with Gasteiger partial charge in [0, 0.05) is 5.57 Å². The van der Waals surface area contributed by atoms with Crippen LogP contribution in [-0.2, 0) is 52.2 Å². The number of unbranched alkanes of at least 4 members (excludes halogenated alkanes) is 1. The van der Waals surface area contributed by atoms with Crippen LogP contribution in [0.1, 0.15) is 46.5 Å². The molecular formula is C28H52O11. The lowest BCUT2D eigenvalue weighted by molar-refractivity contribution is -0.150. The summed E-state index contributed by atoms with van der Waals surface area (Å²) in [5, 5.41) is 0. The first-order chi connectivity index (χ1) is 19.0. The SMILES string of the molecule is C=C(C)C(=O)OCCOCCOCCOCCOCCOCCOCCOCCOC(=O)C(CC)CCCC. The summed E-state index contributed by atoms with van der Waals surface area (Å²) in [6.45, 7) is 16.0. The van der Waals surface area contributed by atoms with E-state index in [1.807, 2.05) is 6.92 Å². The van der Waals surface area contributed by atoms with Crippen molar-refractivity contribution in [3.63, 3.8) is 0 Å². The van der Waals surface area contributed by atoms with E-state index in [1.165, 1.54) is 0 Å². The zero-order valence-corrected chi connectivity index (χ0v) is 24.4. The van der Waals surface area contributed by atoms with Crippen LogP contribution in [0.2, 0.25) is 0 Å². The number of carbonyl (C=O) groups excluding carboxylic acids is 2. The van der Waals surface area contributed by atoms with E-state index in [2.05, 4.69) is 13.5 Å². The molecule has 1 atom stereocenters. The maximum Gasteiger partial charge on any atom is 0.333 e. The van der Waals surface area contributed by atoms with Crippen LogP contribution in [0.25, 0.3) is 0 Å². The quantitative estimate of drug-likeness (QED) is 0.0728. The van der Waals surface area contributed by atoms with Gasteiger partial charge in [-0.05, 0) is 19.8 Å². The van der Waals surface area contributed by atoms with E-state index in [-0.39, 0.29) is 25.1 Å². The molecule has 230 valence electrons. The molecule has 39 heavy (non-hydrogen) atoms. The number of hydrogen-bond donors (Lipinski definition) is 0. The number of ether oxygens (including phenoxy) is 9. The van der Waals surface area contributed by atoms with Crippen molar-refractivity contribution in [1.29, 1.82) is 0 Å². The Kier molecular flexibility index (Phi) is 28.2.